The van der Waals surface area contributed by atoms with Crippen molar-refractivity contribution in [2.75, 3.05) is 26.2 Å². The predicted molar refractivity (Wildman–Crippen MR) is 110 cm³/mol. The van der Waals surface area contributed by atoms with Gasteiger partial charge in [0.15, 0.2) is 11.6 Å². The maximum atomic E-state index is 14.0. The zero-order valence-corrected chi connectivity index (χ0v) is 17.8. The van der Waals surface area contributed by atoms with Gasteiger partial charge in [-0.15, -0.1) is 0 Å². The topological polar surface area (TPSA) is 66.7 Å². The van der Waals surface area contributed by atoms with Crippen LogP contribution in [0, 0.1) is 12.7 Å². The predicted octanol–water partition coefficient (Wildman–Crippen LogP) is 3.96. The molecule has 8 heteroatoms. The number of likely N-dealkylation sites (tertiary alicyclic amines) is 2. The van der Waals surface area contributed by atoms with Crippen LogP contribution in [0.5, 0.6) is 0 Å². The average Bonchev–Trinajstić information content (AvgIpc) is 3.40. The van der Waals surface area contributed by atoms with E-state index in [9.17, 15) is 14.0 Å². The maximum Gasteiger partial charge on any atom is 0.276 e. The molecule has 2 aromatic rings. The SMILES string of the molecule is Cc1oc(C2CCN(C(=O)Cc3c(F)cccc3Cl)CC2)nc1C(=O)N1CCCC1. The van der Waals surface area contributed by atoms with E-state index < -0.39 is 5.82 Å². The first kappa shape index (κ1) is 20.8. The summed E-state index contributed by atoms with van der Waals surface area (Å²) in [6.45, 7) is 4.38. The fraction of sp³-hybridized carbons (Fsp3) is 0.500. The van der Waals surface area contributed by atoms with Gasteiger partial charge in [0.1, 0.15) is 11.6 Å². The van der Waals surface area contributed by atoms with Crippen molar-refractivity contribution in [2.45, 2.75) is 44.9 Å². The number of carbonyl (C=O) groups is 2. The minimum Gasteiger partial charge on any atom is -0.445 e. The molecule has 0 bridgehead atoms. The smallest absolute Gasteiger partial charge is 0.276 e. The van der Waals surface area contributed by atoms with Crippen molar-refractivity contribution in [3.05, 3.63) is 51.9 Å². The highest BCUT2D eigenvalue weighted by Gasteiger charge is 2.31. The summed E-state index contributed by atoms with van der Waals surface area (Å²) in [5, 5.41) is 0.267. The Morgan fingerprint density at radius 2 is 1.87 bits per heavy atom. The zero-order valence-electron chi connectivity index (χ0n) is 17.0. The van der Waals surface area contributed by atoms with E-state index in [0.717, 1.165) is 25.9 Å². The number of oxazole rings is 1. The van der Waals surface area contributed by atoms with Crippen LogP contribution in [0.2, 0.25) is 5.02 Å². The number of nitrogens with zero attached hydrogens (tertiary/aromatic N) is 3. The minimum atomic E-state index is -0.462. The third kappa shape index (κ3) is 4.21. The molecule has 4 rings (SSSR count). The van der Waals surface area contributed by atoms with Gasteiger partial charge in [-0.3, -0.25) is 9.59 Å². The Hall–Kier alpha value is -2.41. The van der Waals surface area contributed by atoms with Crippen molar-refractivity contribution in [3.63, 3.8) is 0 Å². The van der Waals surface area contributed by atoms with E-state index in [0.29, 0.717) is 43.3 Å². The summed E-state index contributed by atoms with van der Waals surface area (Å²) in [6.07, 6.45) is 3.38. The van der Waals surface area contributed by atoms with E-state index in [4.69, 9.17) is 16.0 Å². The summed E-state index contributed by atoms with van der Waals surface area (Å²) in [6, 6.07) is 4.43. The summed E-state index contributed by atoms with van der Waals surface area (Å²) >= 11 is 6.04. The van der Waals surface area contributed by atoms with Gasteiger partial charge in [0.05, 0.1) is 6.42 Å². The summed E-state index contributed by atoms with van der Waals surface area (Å²) < 4.78 is 19.8. The highest BCUT2D eigenvalue weighted by atomic mass is 35.5. The number of benzene rings is 1. The van der Waals surface area contributed by atoms with E-state index in [2.05, 4.69) is 4.98 Å². The van der Waals surface area contributed by atoms with Crippen molar-refractivity contribution < 1.29 is 18.4 Å². The van der Waals surface area contributed by atoms with Crippen molar-refractivity contribution in [3.8, 4) is 0 Å². The Morgan fingerprint density at radius 3 is 2.53 bits per heavy atom. The molecule has 30 heavy (non-hydrogen) atoms. The lowest BCUT2D eigenvalue weighted by Gasteiger charge is -2.30. The molecule has 2 amide bonds. The number of rotatable bonds is 4. The maximum absolute atomic E-state index is 14.0. The summed E-state index contributed by atoms with van der Waals surface area (Å²) in [5.41, 5.74) is 0.638. The van der Waals surface area contributed by atoms with Crippen LogP contribution in [0.3, 0.4) is 0 Å². The molecule has 0 spiro atoms. The molecule has 3 heterocycles. The highest BCUT2D eigenvalue weighted by molar-refractivity contribution is 6.31. The average molecular weight is 434 g/mol. The first-order valence-corrected chi connectivity index (χ1v) is 10.8. The van der Waals surface area contributed by atoms with Gasteiger partial charge in [-0.25, -0.2) is 9.37 Å². The summed E-state index contributed by atoms with van der Waals surface area (Å²) in [7, 11) is 0. The fourth-order valence-electron chi connectivity index (χ4n) is 4.20. The molecule has 0 atom stereocenters. The molecule has 0 unspecified atom stereocenters. The van der Waals surface area contributed by atoms with Crippen LogP contribution in [0.15, 0.2) is 22.6 Å². The number of piperidine rings is 1. The van der Waals surface area contributed by atoms with E-state index in [1.165, 1.54) is 12.1 Å². The lowest BCUT2D eigenvalue weighted by atomic mass is 9.96. The quantitative estimate of drug-likeness (QED) is 0.732. The number of hydrogen-bond donors (Lipinski definition) is 0. The van der Waals surface area contributed by atoms with Crippen LogP contribution in [0.1, 0.15) is 59.3 Å². The van der Waals surface area contributed by atoms with Crippen molar-refractivity contribution in [1.29, 1.82) is 0 Å². The molecule has 2 aliphatic heterocycles. The first-order chi connectivity index (χ1) is 14.4. The number of amides is 2. The Bertz CT molecular complexity index is 927. The van der Waals surface area contributed by atoms with Crippen LogP contribution in [0.25, 0.3) is 0 Å². The zero-order chi connectivity index (χ0) is 21.3. The van der Waals surface area contributed by atoms with Gasteiger partial charge in [-0.1, -0.05) is 17.7 Å². The second-order valence-electron chi connectivity index (χ2n) is 7.99. The van der Waals surface area contributed by atoms with Crippen LogP contribution in [0.4, 0.5) is 4.39 Å². The highest BCUT2D eigenvalue weighted by Crippen LogP contribution is 2.30. The van der Waals surface area contributed by atoms with Gasteiger partial charge < -0.3 is 14.2 Å². The molecule has 160 valence electrons. The Morgan fingerprint density at radius 1 is 1.17 bits per heavy atom. The fourth-order valence-corrected chi connectivity index (χ4v) is 4.43. The molecule has 2 aliphatic rings. The number of hydrogen-bond acceptors (Lipinski definition) is 4. The lowest BCUT2D eigenvalue weighted by Crippen LogP contribution is -2.39. The molecule has 2 saturated heterocycles. The molecule has 0 N–H and O–H groups in total. The second-order valence-corrected chi connectivity index (χ2v) is 8.40. The standard InChI is InChI=1S/C22H25ClFN3O3/c1-14-20(22(29)27-9-2-3-10-27)25-21(30-14)15-7-11-26(12-8-15)19(28)13-16-17(23)5-4-6-18(16)24/h4-6,15H,2-3,7-13H2,1H3. The second kappa shape index (κ2) is 8.76. The van der Waals surface area contributed by atoms with Gasteiger partial charge in [0.2, 0.25) is 5.91 Å². The molecule has 0 radical (unpaired) electrons. The Labute approximate surface area is 180 Å². The molecule has 6 nitrogen and oxygen atoms in total. The molecule has 0 saturated carbocycles. The molecular formula is C22H25ClFN3O3. The van der Waals surface area contributed by atoms with E-state index in [1.807, 2.05) is 4.90 Å². The molecule has 2 fully saturated rings. The van der Waals surface area contributed by atoms with E-state index in [-0.39, 0.29) is 34.7 Å². The minimum absolute atomic E-state index is 0.0528. The number of aromatic nitrogens is 1. The monoisotopic (exact) mass is 433 g/mol. The summed E-state index contributed by atoms with van der Waals surface area (Å²) in [4.78, 5) is 33.3. The van der Waals surface area contributed by atoms with Crippen LogP contribution in [-0.4, -0.2) is 52.8 Å². The first-order valence-electron chi connectivity index (χ1n) is 10.4. The molecule has 1 aromatic heterocycles. The van der Waals surface area contributed by atoms with Gasteiger partial charge in [-0.05, 0) is 44.7 Å². The number of carbonyl (C=O) groups excluding carboxylic acids is 2. The van der Waals surface area contributed by atoms with Crippen LogP contribution in [-0.2, 0) is 11.2 Å². The Kier molecular flexibility index (Phi) is 6.09. The van der Waals surface area contributed by atoms with Crippen LogP contribution >= 0.6 is 11.6 Å². The number of aryl methyl sites for hydroxylation is 1. The van der Waals surface area contributed by atoms with Gasteiger partial charge in [-0.2, -0.15) is 0 Å². The molecular weight excluding hydrogens is 409 g/mol. The van der Waals surface area contributed by atoms with Crippen molar-refractivity contribution in [1.82, 2.24) is 14.8 Å². The van der Waals surface area contributed by atoms with Crippen molar-refractivity contribution >= 4 is 23.4 Å². The largest absolute Gasteiger partial charge is 0.445 e. The number of halogens is 2. The van der Waals surface area contributed by atoms with Crippen LogP contribution < -0.4 is 0 Å². The summed E-state index contributed by atoms with van der Waals surface area (Å²) in [5.74, 6) is 0.512. The van der Waals surface area contributed by atoms with Gasteiger partial charge >= 0.3 is 0 Å². The lowest BCUT2D eigenvalue weighted by molar-refractivity contribution is -0.131. The third-order valence-corrected chi connectivity index (χ3v) is 6.35. The molecule has 1 aromatic carbocycles. The molecule has 0 aliphatic carbocycles. The van der Waals surface area contributed by atoms with E-state index >= 15 is 0 Å². The van der Waals surface area contributed by atoms with Gasteiger partial charge in [0.25, 0.3) is 5.91 Å². The van der Waals surface area contributed by atoms with E-state index in [1.54, 1.807) is 17.9 Å². The normalized spacial score (nSPS) is 17.6. The third-order valence-electron chi connectivity index (χ3n) is 6.00. The van der Waals surface area contributed by atoms with Gasteiger partial charge in [0, 0.05) is 42.7 Å². The van der Waals surface area contributed by atoms with Crippen molar-refractivity contribution in [2.24, 2.45) is 0 Å². The Balaban J connectivity index is 1.37.